The monoisotopic (exact) mass is 347 g/mol. The minimum absolute atomic E-state index is 0.185. The Bertz CT molecular complexity index is 955. The first-order valence-corrected chi connectivity index (χ1v) is 9.30. The molecule has 3 rings (SSSR count). The molecule has 134 valence electrons. The molecule has 0 saturated heterocycles. The molecule has 1 aromatic heterocycles. The quantitative estimate of drug-likeness (QED) is 0.543. The van der Waals surface area contributed by atoms with Gasteiger partial charge < -0.3 is 9.21 Å². The third-order valence-corrected chi connectivity index (χ3v) is 4.49. The van der Waals surface area contributed by atoms with Crippen molar-refractivity contribution in [1.82, 2.24) is 0 Å². The van der Waals surface area contributed by atoms with Gasteiger partial charge in [-0.15, -0.1) is 0 Å². The molecule has 3 heteroatoms. The minimum atomic E-state index is 0.185. The molecule has 0 amide bonds. The number of unbranched alkanes of at least 4 members (excludes halogenated alkanes) is 1. The fraction of sp³-hybridized carbons (Fsp3) is 0.304. The smallest absolute Gasteiger partial charge is 0.222 e. The first-order valence-electron chi connectivity index (χ1n) is 9.30. The molecule has 0 atom stereocenters. The highest BCUT2D eigenvalue weighted by Crippen LogP contribution is 2.29. The Labute approximate surface area is 154 Å². The summed E-state index contributed by atoms with van der Waals surface area (Å²) >= 11 is 0. The summed E-state index contributed by atoms with van der Waals surface area (Å²) in [6, 6.07) is 18.3. The number of fused-ring (bicyclic) bond motifs is 1. The number of hydrogen-bond donors (Lipinski definition) is 0. The fourth-order valence-electron chi connectivity index (χ4n) is 3.10. The summed E-state index contributed by atoms with van der Waals surface area (Å²) in [5, 5.41) is 2.14. The van der Waals surface area contributed by atoms with Crippen LogP contribution in [0.15, 0.2) is 64.0 Å². The third kappa shape index (κ3) is 4.10. The van der Waals surface area contributed by atoms with E-state index >= 15 is 0 Å². The Morgan fingerprint density at radius 2 is 1.69 bits per heavy atom. The average molecular weight is 347 g/mol. The van der Waals surface area contributed by atoms with Crippen molar-refractivity contribution in [2.24, 2.45) is 4.99 Å². The molecule has 2 aromatic carbocycles. The van der Waals surface area contributed by atoms with Crippen LogP contribution >= 0.6 is 0 Å². The van der Waals surface area contributed by atoms with Gasteiger partial charge in [-0.1, -0.05) is 61.9 Å². The highest BCUT2D eigenvalue weighted by Gasteiger charge is 2.15. The van der Waals surface area contributed by atoms with Crippen molar-refractivity contribution >= 4 is 16.6 Å². The molecule has 0 N–H and O–H groups in total. The number of carbonyl (C=O) groups excluding carboxylic acids is 1. The second kappa shape index (κ2) is 8.61. The third-order valence-electron chi connectivity index (χ3n) is 4.49. The Hall–Kier alpha value is -2.68. The molecule has 0 aliphatic rings. The minimum Gasteiger partial charge on any atom is -0.438 e. The number of nitrogens with zero attached hydrogens (tertiary/aromatic N) is 1. The van der Waals surface area contributed by atoms with Crippen LogP contribution in [0.3, 0.4) is 0 Å². The van der Waals surface area contributed by atoms with Crippen LogP contribution in [-0.4, -0.2) is 12.3 Å². The topological polar surface area (TPSA) is 42.6 Å². The van der Waals surface area contributed by atoms with Crippen molar-refractivity contribution in [2.75, 3.05) is 6.54 Å². The van der Waals surface area contributed by atoms with E-state index in [-0.39, 0.29) is 5.78 Å². The molecule has 0 aliphatic heterocycles. The number of carbonyl (C=O) groups is 1. The lowest BCUT2D eigenvalue weighted by Crippen LogP contribution is -2.09. The van der Waals surface area contributed by atoms with Gasteiger partial charge in [-0.05, 0) is 31.2 Å². The van der Waals surface area contributed by atoms with Crippen molar-refractivity contribution in [3.05, 3.63) is 65.7 Å². The van der Waals surface area contributed by atoms with Crippen LogP contribution in [0.2, 0.25) is 0 Å². The van der Waals surface area contributed by atoms with Crippen LogP contribution in [-0.2, 0) is 11.2 Å². The number of Topliss-reactive ketones (excluding diaryl/α,β-unsaturated/α-hetero) is 1. The summed E-state index contributed by atoms with van der Waals surface area (Å²) < 4.78 is 6.31. The van der Waals surface area contributed by atoms with Crippen LogP contribution < -0.4 is 5.55 Å². The van der Waals surface area contributed by atoms with E-state index in [1.165, 1.54) is 0 Å². The molecule has 0 spiro atoms. The van der Waals surface area contributed by atoms with E-state index in [1.54, 1.807) is 6.92 Å². The molecule has 0 aliphatic carbocycles. The number of hydrogen-bond acceptors (Lipinski definition) is 3. The van der Waals surface area contributed by atoms with Crippen molar-refractivity contribution in [1.29, 1.82) is 0 Å². The molecule has 3 nitrogen and oxygen atoms in total. The Morgan fingerprint density at radius 1 is 1.00 bits per heavy atom. The van der Waals surface area contributed by atoms with Crippen molar-refractivity contribution in [2.45, 2.75) is 39.5 Å². The highest BCUT2D eigenvalue weighted by molar-refractivity contribution is 5.89. The number of aryl methyl sites for hydroxylation is 1. The van der Waals surface area contributed by atoms with Gasteiger partial charge in [-0.25, -0.2) is 0 Å². The van der Waals surface area contributed by atoms with Crippen LogP contribution in [0.5, 0.6) is 0 Å². The lowest BCUT2D eigenvalue weighted by atomic mass is 9.97. The zero-order valence-electron chi connectivity index (χ0n) is 15.5. The molecule has 0 unspecified atom stereocenters. The van der Waals surface area contributed by atoms with Crippen molar-refractivity contribution < 1.29 is 9.21 Å². The normalized spacial score (nSPS) is 11.8. The summed E-state index contributed by atoms with van der Waals surface area (Å²) in [5.41, 5.74) is 2.78. The molecule has 0 saturated carbocycles. The van der Waals surface area contributed by atoms with Crippen LogP contribution in [0.4, 0.5) is 0 Å². The molecule has 0 radical (unpaired) electrons. The highest BCUT2D eigenvalue weighted by atomic mass is 16.3. The summed E-state index contributed by atoms with van der Waals surface area (Å²) in [6.45, 7) is 4.55. The standard InChI is InChI=1S/C23H25NO2/c1-3-4-16-24-23-21-13-9-8-12-19(21)20(15-14-17(2)25)22(26-23)18-10-6-5-7-11-18/h5-13H,3-4,14-16H2,1-2H3. The Morgan fingerprint density at radius 3 is 2.38 bits per heavy atom. The predicted octanol–water partition coefficient (Wildman–Crippen LogP) is 5.32. The zero-order chi connectivity index (χ0) is 18.4. The summed E-state index contributed by atoms with van der Waals surface area (Å²) in [7, 11) is 0. The van der Waals surface area contributed by atoms with Gasteiger partial charge in [0.15, 0.2) is 0 Å². The van der Waals surface area contributed by atoms with Gasteiger partial charge in [-0.3, -0.25) is 4.99 Å². The molecule has 1 heterocycles. The maximum absolute atomic E-state index is 11.6. The van der Waals surface area contributed by atoms with E-state index in [2.05, 4.69) is 19.1 Å². The molecular weight excluding hydrogens is 322 g/mol. The van der Waals surface area contributed by atoms with E-state index < -0.39 is 0 Å². The first-order chi connectivity index (χ1) is 12.7. The Kier molecular flexibility index (Phi) is 6.00. The van der Waals surface area contributed by atoms with E-state index in [9.17, 15) is 4.79 Å². The Balaban J connectivity index is 2.25. The summed E-state index contributed by atoms with van der Waals surface area (Å²) in [6.07, 6.45) is 3.31. The molecular formula is C23H25NO2. The fourth-order valence-corrected chi connectivity index (χ4v) is 3.10. The SMILES string of the molecule is CCCCN=c1oc(-c2ccccc2)c(CCC(C)=O)c2ccccc12. The van der Waals surface area contributed by atoms with Gasteiger partial charge in [0, 0.05) is 29.5 Å². The maximum Gasteiger partial charge on any atom is 0.222 e. The average Bonchev–Trinajstić information content (AvgIpc) is 2.67. The lowest BCUT2D eigenvalue weighted by molar-refractivity contribution is -0.116. The van der Waals surface area contributed by atoms with E-state index in [0.717, 1.165) is 47.0 Å². The second-order valence-corrected chi connectivity index (χ2v) is 6.56. The van der Waals surface area contributed by atoms with E-state index in [1.807, 2.05) is 42.5 Å². The number of ketones is 1. The molecule has 0 bridgehead atoms. The van der Waals surface area contributed by atoms with Gasteiger partial charge in [0.25, 0.3) is 0 Å². The van der Waals surface area contributed by atoms with Crippen LogP contribution in [0.1, 0.15) is 38.7 Å². The predicted molar refractivity (Wildman–Crippen MR) is 106 cm³/mol. The number of benzene rings is 2. The molecule has 26 heavy (non-hydrogen) atoms. The second-order valence-electron chi connectivity index (χ2n) is 6.56. The van der Waals surface area contributed by atoms with Crippen LogP contribution in [0.25, 0.3) is 22.1 Å². The summed E-state index contributed by atoms with van der Waals surface area (Å²) in [4.78, 5) is 16.3. The van der Waals surface area contributed by atoms with Gasteiger partial charge in [0.1, 0.15) is 11.5 Å². The maximum atomic E-state index is 11.6. The van der Waals surface area contributed by atoms with Crippen molar-refractivity contribution in [3.63, 3.8) is 0 Å². The molecule has 0 fully saturated rings. The van der Waals surface area contributed by atoms with E-state index in [4.69, 9.17) is 9.41 Å². The largest absolute Gasteiger partial charge is 0.438 e. The number of rotatable bonds is 7. The van der Waals surface area contributed by atoms with Crippen LogP contribution in [0, 0.1) is 0 Å². The van der Waals surface area contributed by atoms with E-state index in [0.29, 0.717) is 18.4 Å². The van der Waals surface area contributed by atoms with Gasteiger partial charge >= 0.3 is 0 Å². The van der Waals surface area contributed by atoms with Gasteiger partial charge in [-0.2, -0.15) is 0 Å². The summed E-state index contributed by atoms with van der Waals surface area (Å²) in [5.74, 6) is 1.01. The van der Waals surface area contributed by atoms with Gasteiger partial charge in [0.05, 0.1) is 0 Å². The zero-order valence-corrected chi connectivity index (χ0v) is 15.5. The van der Waals surface area contributed by atoms with Crippen molar-refractivity contribution in [3.8, 4) is 11.3 Å². The van der Waals surface area contributed by atoms with Gasteiger partial charge in [0.2, 0.25) is 5.55 Å². The molecule has 3 aromatic rings. The lowest BCUT2D eigenvalue weighted by Gasteiger charge is -2.12. The first kappa shape index (κ1) is 18.1.